The minimum Gasteiger partial charge on any atom is -0.392 e. The number of aryl methyl sites for hydroxylation is 1. The third kappa shape index (κ3) is 2.36. The lowest BCUT2D eigenvalue weighted by molar-refractivity contribution is -0.386. The first-order valence-corrected chi connectivity index (χ1v) is 5.27. The van der Waals surface area contributed by atoms with Gasteiger partial charge in [-0.05, 0) is 19.4 Å². The lowest BCUT2D eigenvalue weighted by Crippen LogP contribution is -2.17. The van der Waals surface area contributed by atoms with Crippen LogP contribution in [0.15, 0.2) is 12.3 Å². The standard InChI is InChI=1S/C11H16N2O3/c1-4-9(14)8(3)10-11(13(15)16)7(2)5-6-12-10/h5-6,8-9,14H,4H2,1-3H3. The predicted molar refractivity (Wildman–Crippen MR) is 60.3 cm³/mol. The number of aliphatic hydroxyl groups excluding tert-OH is 1. The molecule has 0 aliphatic carbocycles. The van der Waals surface area contributed by atoms with E-state index in [1.165, 1.54) is 6.20 Å². The number of hydrogen-bond donors (Lipinski definition) is 1. The van der Waals surface area contributed by atoms with Crippen LogP contribution in [0.2, 0.25) is 0 Å². The van der Waals surface area contributed by atoms with Gasteiger partial charge in [0.2, 0.25) is 0 Å². The SMILES string of the molecule is CCC(O)C(C)c1nccc(C)c1[N+](=O)[O-]. The van der Waals surface area contributed by atoms with Gasteiger partial charge in [-0.2, -0.15) is 0 Å². The third-order valence-corrected chi connectivity index (χ3v) is 2.76. The fraction of sp³-hybridized carbons (Fsp3) is 0.545. The molecule has 1 N–H and O–H groups in total. The van der Waals surface area contributed by atoms with E-state index in [1.54, 1.807) is 19.9 Å². The summed E-state index contributed by atoms with van der Waals surface area (Å²) in [6.45, 7) is 5.26. The summed E-state index contributed by atoms with van der Waals surface area (Å²) < 4.78 is 0. The normalized spacial score (nSPS) is 14.5. The van der Waals surface area contributed by atoms with Crippen LogP contribution < -0.4 is 0 Å². The van der Waals surface area contributed by atoms with E-state index in [0.29, 0.717) is 17.7 Å². The fourth-order valence-corrected chi connectivity index (χ4v) is 1.68. The van der Waals surface area contributed by atoms with E-state index in [-0.39, 0.29) is 11.6 Å². The van der Waals surface area contributed by atoms with Gasteiger partial charge >= 0.3 is 0 Å². The monoisotopic (exact) mass is 224 g/mol. The Balaban J connectivity index is 3.22. The Labute approximate surface area is 94.3 Å². The Bertz CT molecular complexity index is 393. The van der Waals surface area contributed by atoms with E-state index in [0.717, 1.165) is 0 Å². The molecule has 0 spiro atoms. The third-order valence-electron chi connectivity index (χ3n) is 2.76. The molecule has 1 rings (SSSR count). The molecule has 1 aromatic heterocycles. The minimum absolute atomic E-state index is 0.0162. The Hall–Kier alpha value is -1.49. The Morgan fingerprint density at radius 1 is 1.62 bits per heavy atom. The molecule has 0 aliphatic rings. The van der Waals surface area contributed by atoms with E-state index in [2.05, 4.69) is 4.98 Å². The van der Waals surface area contributed by atoms with Crippen molar-refractivity contribution in [1.82, 2.24) is 4.98 Å². The van der Waals surface area contributed by atoms with Crippen molar-refractivity contribution in [2.75, 3.05) is 0 Å². The lowest BCUT2D eigenvalue weighted by Gasteiger charge is -2.16. The number of aromatic nitrogens is 1. The van der Waals surface area contributed by atoms with E-state index < -0.39 is 11.0 Å². The van der Waals surface area contributed by atoms with Gasteiger partial charge in [-0.25, -0.2) is 0 Å². The van der Waals surface area contributed by atoms with Gasteiger partial charge in [0.05, 0.1) is 11.0 Å². The van der Waals surface area contributed by atoms with Gasteiger partial charge in [-0.1, -0.05) is 13.8 Å². The van der Waals surface area contributed by atoms with Crippen molar-refractivity contribution >= 4 is 5.69 Å². The van der Waals surface area contributed by atoms with Crippen molar-refractivity contribution < 1.29 is 10.0 Å². The first-order valence-electron chi connectivity index (χ1n) is 5.27. The summed E-state index contributed by atoms with van der Waals surface area (Å²) in [6, 6.07) is 1.60. The second-order valence-electron chi connectivity index (χ2n) is 3.88. The molecule has 0 fully saturated rings. The second-order valence-corrected chi connectivity index (χ2v) is 3.88. The van der Waals surface area contributed by atoms with Crippen LogP contribution in [-0.2, 0) is 0 Å². The fourth-order valence-electron chi connectivity index (χ4n) is 1.68. The summed E-state index contributed by atoms with van der Waals surface area (Å²) in [6.07, 6.45) is 1.48. The van der Waals surface area contributed by atoms with Gasteiger partial charge in [0.25, 0.3) is 5.69 Å². The molecule has 1 aromatic rings. The van der Waals surface area contributed by atoms with Crippen molar-refractivity contribution in [2.24, 2.45) is 0 Å². The van der Waals surface area contributed by atoms with E-state index in [4.69, 9.17) is 0 Å². The highest BCUT2D eigenvalue weighted by atomic mass is 16.6. The number of nitrogens with zero attached hydrogens (tertiary/aromatic N) is 2. The maximum absolute atomic E-state index is 10.9. The molecule has 16 heavy (non-hydrogen) atoms. The summed E-state index contributed by atoms with van der Waals surface area (Å²) in [7, 11) is 0. The average molecular weight is 224 g/mol. The highest BCUT2D eigenvalue weighted by Crippen LogP contribution is 2.30. The topological polar surface area (TPSA) is 76.3 Å². The van der Waals surface area contributed by atoms with E-state index in [1.807, 2.05) is 6.92 Å². The van der Waals surface area contributed by atoms with Gasteiger partial charge in [0.15, 0.2) is 0 Å². The minimum atomic E-state index is -0.604. The van der Waals surface area contributed by atoms with Gasteiger partial charge in [0, 0.05) is 17.7 Å². The lowest BCUT2D eigenvalue weighted by atomic mass is 9.96. The zero-order valence-electron chi connectivity index (χ0n) is 9.67. The molecule has 2 unspecified atom stereocenters. The second kappa shape index (κ2) is 5.03. The van der Waals surface area contributed by atoms with Crippen molar-refractivity contribution in [3.63, 3.8) is 0 Å². The molecule has 0 bridgehead atoms. The molecule has 0 saturated carbocycles. The highest BCUT2D eigenvalue weighted by molar-refractivity contribution is 5.44. The molecule has 0 radical (unpaired) electrons. The van der Waals surface area contributed by atoms with Crippen LogP contribution >= 0.6 is 0 Å². The molecular weight excluding hydrogens is 208 g/mol. The number of rotatable bonds is 4. The van der Waals surface area contributed by atoms with Crippen LogP contribution in [0.3, 0.4) is 0 Å². The maximum atomic E-state index is 10.9. The molecule has 5 heteroatoms. The summed E-state index contributed by atoms with van der Waals surface area (Å²) in [5, 5.41) is 20.7. The van der Waals surface area contributed by atoms with Crippen LogP contribution in [0.4, 0.5) is 5.69 Å². The van der Waals surface area contributed by atoms with Crippen LogP contribution in [0.1, 0.15) is 37.4 Å². The molecule has 88 valence electrons. The van der Waals surface area contributed by atoms with E-state index >= 15 is 0 Å². The molecule has 1 heterocycles. The van der Waals surface area contributed by atoms with Crippen molar-refractivity contribution in [3.05, 3.63) is 33.6 Å². The summed E-state index contributed by atoms with van der Waals surface area (Å²) in [5.74, 6) is -0.328. The average Bonchev–Trinajstić information content (AvgIpc) is 2.26. The Kier molecular flexibility index (Phi) is 3.95. The zero-order chi connectivity index (χ0) is 12.3. The molecular formula is C11H16N2O3. The number of aliphatic hydroxyl groups is 1. The molecule has 0 aliphatic heterocycles. The maximum Gasteiger partial charge on any atom is 0.293 e. The van der Waals surface area contributed by atoms with Crippen LogP contribution in [0, 0.1) is 17.0 Å². The summed E-state index contributed by atoms with van der Waals surface area (Å²) in [4.78, 5) is 14.5. The van der Waals surface area contributed by atoms with Crippen molar-refractivity contribution in [1.29, 1.82) is 0 Å². The van der Waals surface area contributed by atoms with Crippen molar-refractivity contribution in [3.8, 4) is 0 Å². The van der Waals surface area contributed by atoms with Gasteiger partial charge in [-0.15, -0.1) is 0 Å². The van der Waals surface area contributed by atoms with Crippen molar-refractivity contribution in [2.45, 2.75) is 39.2 Å². The number of nitro groups is 1. The Morgan fingerprint density at radius 2 is 2.25 bits per heavy atom. The molecule has 5 nitrogen and oxygen atoms in total. The first kappa shape index (κ1) is 12.6. The smallest absolute Gasteiger partial charge is 0.293 e. The molecule has 0 aromatic carbocycles. The highest BCUT2D eigenvalue weighted by Gasteiger charge is 2.26. The molecule has 0 saturated heterocycles. The zero-order valence-corrected chi connectivity index (χ0v) is 9.67. The van der Waals surface area contributed by atoms with Crippen LogP contribution in [0.5, 0.6) is 0 Å². The summed E-state index contributed by atoms with van der Waals surface area (Å²) >= 11 is 0. The Morgan fingerprint density at radius 3 is 2.75 bits per heavy atom. The van der Waals surface area contributed by atoms with Crippen LogP contribution in [0.25, 0.3) is 0 Å². The quantitative estimate of drug-likeness (QED) is 0.628. The number of hydrogen-bond acceptors (Lipinski definition) is 4. The first-order chi connectivity index (χ1) is 7.49. The molecule has 0 amide bonds. The van der Waals surface area contributed by atoms with Gasteiger partial charge in [0.1, 0.15) is 5.69 Å². The summed E-state index contributed by atoms with van der Waals surface area (Å²) in [5.41, 5.74) is 0.951. The van der Waals surface area contributed by atoms with E-state index in [9.17, 15) is 15.2 Å². The van der Waals surface area contributed by atoms with Crippen LogP contribution in [-0.4, -0.2) is 21.1 Å². The van der Waals surface area contributed by atoms with Gasteiger partial charge < -0.3 is 5.11 Å². The predicted octanol–water partition coefficient (Wildman–Crippen LogP) is 2.17. The molecule has 2 atom stereocenters. The largest absolute Gasteiger partial charge is 0.392 e. The number of pyridine rings is 1. The van der Waals surface area contributed by atoms with Gasteiger partial charge in [-0.3, -0.25) is 15.1 Å².